The second kappa shape index (κ2) is 40.3. The van der Waals surface area contributed by atoms with E-state index in [4.69, 9.17) is 35.3 Å². The number of sulfone groups is 4. The van der Waals surface area contributed by atoms with Crippen LogP contribution in [0.2, 0.25) is 5.02 Å². The van der Waals surface area contributed by atoms with Crippen molar-refractivity contribution < 1.29 is 154 Å². The molecule has 39 heteroatoms. The van der Waals surface area contributed by atoms with E-state index < -0.39 is 159 Å². The average molecular weight is 1900 g/mol. The highest BCUT2D eigenvalue weighted by molar-refractivity contribution is 7.91. The van der Waals surface area contributed by atoms with Crippen molar-refractivity contribution in [2.75, 3.05) is 35.5 Å². The molecule has 0 aliphatic rings. The van der Waals surface area contributed by atoms with Gasteiger partial charge in [-0.05, 0) is 197 Å². The topological polar surface area (TPSA) is 332 Å². The van der Waals surface area contributed by atoms with Gasteiger partial charge in [-0.15, -0.1) is 0 Å². The quantitative estimate of drug-likeness (QED) is 0.0386. The van der Waals surface area contributed by atoms with Crippen LogP contribution in [0.15, 0.2) is 262 Å². The first-order chi connectivity index (χ1) is 60.3. The Kier molecular flexibility index (Phi) is 31.1. The number of carboxylic acids is 4. The molecule has 0 spiro atoms. The molecule has 678 valence electrons. The van der Waals surface area contributed by atoms with Crippen LogP contribution in [0, 0.1) is 12.7 Å². The Balaban J connectivity index is 0.000000194. The number of benzene rings is 12. The Morgan fingerprint density at radius 2 is 0.550 bits per heavy atom. The number of methoxy groups -OCH3 is 5. The molecule has 21 nitrogen and oxygen atoms in total. The van der Waals surface area contributed by atoms with E-state index in [1.165, 1.54) is 114 Å². The van der Waals surface area contributed by atoms with Crippen LogP contribution >= 0.6 is 11.6 Å². The fourth-order valence-electron chi connectivity index (χ4n) is 12.9. The number of aromatic carboxylic acids is 4. The third-order valence-corrected chi connectivity index (χ3v) is 26.2. The maximum absolute atomic E-state index is 14.3. The van der Waals surface area contributed by atoms with Crippen LogP contribution < -0.4 is 23.7 Å². The molecule has 0 saturated heterocycles. The van der Waals surface area contributed by atoms with Crippen LogP contribution in [0.5, 0.6) is 28.7 Å². The summed E-state index contributed by atoms with van der Waals surface area (Å²) in [5.74, 6) is -9.75. The number of para-hydroxylation sites is 1. The molecule has 0 saturated carbocycles. The largest absolute Gasteiger partial charge is 0.496 e. The lowest BCUT2D eigenvalue weighted by molar-refractivity contribution is -0.138. The number of ether oxygens (including phenoxy) is 5. The van der Waals surface area contributed by atoms with Crippen LogP contribution in [0.4, 0.5) is 57.1 Å². The minimum absolute atomic E-state index is 0.0342. The molecule has 129 heavy (non-hydrogen) atoms. The van der Waals surface area contributed by atoms with Gasteiger partial charge in [0.2, 0.25) is 0 Å². The van der Waals surface area contributed by atoms with E-state index in [9.17, 15) is 130 Å². The second-order valence-corrected chi connectivity index (χ2v) is 36.0. The number of hydrogen-bond donors (Lipinski definition) is 4. The summed E-state index contributed by atoms with van der Waals surface area (Å²) in [7, 11) is -11.1. The normalized spacial score (nSPS) is 11.9. The maximum atomic E-state index is 14.3. The summed E-state index contributed by atoms with van der Waals surface area (Å²) in [6.45, 7) is 1.85. The van der Waals surface area contributed by atoms with Crippen molar-refractivity contribution in [3.05, 3.63) is 326 Å². The van der Waals surface area contributed by atoms with Crippen LogP contribution in [0.3, 0.4) is 0 Å². The average Bonchev–Trinajstić information content (AvgIpc) is 0.784. The number of rotatable bonds is 25. The Bertz CT molecular complexity index is 6540. The number of carboxylic acid groups (broad SMARTS) is 4. The lowest BCUT2D eigenvalue weighted by atomic mass is 9.97. The summed E-state index contributed by atoms with van der Waals surface area (Å²) in [6, 6.07) is 49.0. The van der Waals surface area contributed by atoms with Crippen molar-refractivity contribution in [1.82, 2.24) is 0 Å². The molecule has 0 amide bonds. The molecular formula is C90H70ClF13O21S4. The van der Waals surface area contributed by atoms with Gasteiger partial charge in [-0.3, -0.25) is 0 Å². The van der Waals surface area contributed by atoms with Gasteiger partial charge in [0.25, 0.3) is 0 Å². The highest BCUT2D eigenvalue weighted by Crippen LogP contribution is 2.45. The van der Waals surface area contributed by atoms with Gasteiger partial charge in [0, 0.05) is 21.7 Å². The van der Waals surface area contributed by atoms with Crippen molar-refractivity contribution in [3.63, 3.8) is 0 Å². The molecule has 12 rings (SSSR count). The van der Waals surface area contributed by atoms with Gasteiger partial charge in [-0.25, -0.2) is 57.2 Å². The van der Waals surface area contributed by atoms with Gasteiger partial charge in [0.1, 0.15) is 54.1 Å². The fraction of sp³-hybridized carbons (Fsp3) is 0.156. The van der Waals surface area contributed by atoms with E-state index in [0.717, 1.165) is 96.6 Å². The first kappa shape index (κ1) is 99.5. The molecule has 0 aromatic heterocycles. The van der Waals surface area contributed by atoms with E-state index in [1.807, 2.05) is 6.92 Å². The summed E-state index contributed by atoms with van der Waals surface area (Å²) in [6.07, 6.45) is -18.8. The van der Waals surface area contributed by atoms with Crippen LogP contribution in [0.1, 0.15) is 91.5 Å². The summed E-state index contributed by atoms with van der Waals surface area (Å²) in [5.41, 5.74) is -3.07. The zero-order valence-electron chi connectivity index (χ0n) is 67.6. The lowest BCUT2D eigenvalue weighted by Crippen LogP contribution is -2.12. The standard InChI is InChI=1S/C23H19F3O6S.C23H19F3O5S.C22H16ClF3O5S.C22H16F4O5S/c1-31-19-6-4-3-5-18(19)17-9-8-16(23(24,25)26)11-15(17)13-33(29,30)21-12-14(22(27)28)7-10-20(21)32-2;1-14-3-5-15(6-4-14)19-9-8-18(23(24,25)26)11-17(19)13-32(29,30)21-12-16(22(27)28)7-10-20(21)31-2;2*1-31-19-9-6-13(21(27)28)11-20(19)32(29,30)12-14-10-15(22(24,25)26)7-8-16(14)17-4-2-3-5-18(17)23/h3-12H,13H2,1-2H3,(H,27,28);3-12H,13H2,1-2H3,(H,27,28);2*2-11H,12H2,1H3,(H,27,28). The SMILES string of the molecule is COc1ccc(C(=O)O)cc1S(=O)(=O)Cc1cc(C(F)(F)F)ccc1-c1ccc(C)cc1.COc1ccc(C(=O)O)cc1S(=O)(=O)Cc1cc(C(F)(F)F)ccc1-c1ccccc1Cl.COc1ccc(C(=O)O)cc1S(=O)(=O)Cc1cc(C(F)(F)F)ccc1-c1ccccc1F.COc1ccccc1-c1ccc(C(F)(F)F)cc1CS(=O)(=O)c1cc(C(=O)O)ccc1OC. The third kappa shape index (κ3) is 24.5. The zero-order chi connectivity index (χ0) is 95.4. The van der Waals surface area contributed by atoms with Gasteiger partial charge < -0.3 is 44.1 Å². The minimum atomic E-state index is -4.76. The number of hydrogen-bond acceptors (Lipinski definition) is 17. The Morgan fingerprint density at radius 3 is 0.837 bits per heavy atom. The van der Waals surface area contributed by atoms with Crippen molar-refractivity contribution in [1.29, 1.82) is 0 Å². The van der Waals surface area contributed by atoms with Crippen molar-refractivity contribution in [3.8, 4) is 73.3 Å². The Labute approximate surface area is 733 Å². The van der Waals surface area contributed by atoms with E-state index in [-0.39, 0.29) is 94.8 Å². The first-order valence-corrected chi connectivity index (χ1v) is 43.8. The first-order valence-electron chi connectivity index (χ1n) is 36.8. The van der Waals surface area contributed by atoms with Gasteiger partial charge in [-0.2, -0.15) is 52.7 Å². The van der Waals surface area contributed by atoms with Gasteiger partial charge in [0.15, 0.2) is 39.3 Å². The molecule has 0 fully saturated rings. The van der Waals surface area contributed by atoms with Gasteiger partial charge in [0.05, 0.1) is 103 Å². The summed E-state index contributed by atoms with van der Waals surface area (Å²) < 4.78 is 306. The molecule has 0 radical (unpaired) electrons. The molecule has 0 aliphatic carbocycles. The van der Waals surface area contributed by atoms with E-state index in [1.54, 1.807) is 66.7 Å². The minimum Gasteiger partial charge on any atom is -0.496 e. The van der Waals surface area contributed by atoms with Crippen LogP contribution in [-0.2, 0) is 87.1 Å². The van der Waals surface area contributed by atoms with E-state index in [2.05, 4.69) is 0 Å². The fourth-order valence-corrected chi connectivity index (χ4v) is 19.4. The molecule has 0 heterocycles. The highest BCUT2D eigenvalue weighted by atomic mass is 35.5. The second-order valence-electron chi connectivity index (χ2n) is 27.7. The van der Waals surface area contributed by atoms with Crippen LogP contribution in [0.25, 0.3) is 44.5 Å². The predicted octanol–water partition coefficient (Wildman–Crippen LogP) is 21.3. The predicted molar refractivity (Wildman–Crippen MR) is 447 cm³/mol. The van der Waals surface area contributed by atoms with Crippen molar-refractivity contribution >= 4 is 74.8 Å². The summed E-state index contributed by atoms with van der Waals surface area (Å²) in [4.78, 5) is 43.4. The van der Waals surface area contributed by atoms with Crippen LogP contribution in [-0.4, -0.2) is 114 Å². The van der Waals surface area contributed by atoms with Crippen molar-refractivity contribution in [2.24, 2.45) is 0 Å². The Hall–Kier alpha value is -13.3. The van der Waals surface area contributed by atoms with Gasteiger partial charge in [-0.1, -0.05) is 120 Å². The molecular weight excluding hydrogens is 1830 g/mol. The smallest absolute Gasteiger partial charge is 0.416 e. The molecule has 4 N–H and O–H groups in total. The van der Waals surface area contributed by atoms with E-state index >= 15 is 0 Å². The number of halogens is 14. The van der Waals surface area contributed by atoms with Gasteiger partial charge >= 0.3 is 48.6 Å². The maximum Gasteiger partial charge on any atom is 0.416 e. The van der Waals surface area contributed by atoms with Crippen molar-refractivity contribution in [2.45, 2.75) is 74.2 Å². The monoisotopic (exact) mass is 1900 g/mol. The highest BCUT2D eigenvalue weighted by Gasteiger charge is 2.38. The molecule has 0 unspecified atom stereocenters. The van der Waals surface area contributed by atoms with E-state index in [0.29, 0.717) is 34.1 Å². The third-order valence-electron chi connectivity index (χ3n) is 19.2. The number of aryl methyl sites for hydroxylation is 1. The molecule has 0 aliphatic heterocycles. The molecule has 12 aromatic rings. The number of alkyl halides is 12. The lowest BCUT2D eigenvalue weighted by Gasteiger charge is -2.17. The zero-order valence-corrected chi connectivity index (χ0v) is 71.6. The molecule has 0 bridgehead atoms. The molecule has 12 aromatic carbocycles. The number of carbonyl (C=O) groups is 4. The molecule has 0 atom stereocenters. The summed E-state index contributed by atoms with van der Waals surface area (Å²) >= 11 is 6.20. The summed E-state index contributed by atoms with van der Waals surface area (Å²) in [5, 5.41) is 37.0. The Morgan fingerprint density at radius 1 is 0.295 bits per heavy atom.